The van der Waals surface area contributed by atoms with Gasteiger partial charge in [0, 0.05) is 68.9 Å². The molecule has 0 radical (unpaired) electrons. The Morgan fingerprint density at radius 2 is 1.74 bits per heavy atom. The molecule has 2 N–H and O–H groups in total. The van der Waals surface area contributed by atoms with Crippen LogP contribution in [0.4, 0.5) is 17.1 Å². The lowest BCUT2D eigenvalue weighted by molar-refractivity contribution is -0.127. The molecule has 39 heavy (non-hydrogen) atoms. The van der Waals surface area contributed by atoms with Gasteiger partial charge in [0.1, 0.15) is 0 Å². The molecule has 0 spiro atoms. The third-order valence-corrected chi connectivity index (χ3v) is 7.74. The second-order valence-electron chi connectivity index (χ2n) is 9.83. The van der Waals surface area contributed by atoms with Crippen molar-refractivity contribution in [1.29, 1.82) is 0 Å². The number of hydrogen-bond donors (Lipinski definition) is 2. The monoisotopic (exact) mass is 547 g/mol. The van der Waals surface area contributed by atoms with Crippen molar-refractivity contribution in [1.82, 2.24) is 19.8 Å². The quantitative estimate of drug-likeness (QED) is 0.396. The Hall–Kier alpha value is -3.99. The zero-order chi connectivity index (χ0) is 27.2. The summed E-state index contributed by atoms with van der Waals surface area (Å²) in [5, 5.41) is 11.4. The summed E-state index contributed by atoms with van der Waals surface area (Å²) >= 11 is 1.11. The van der Waals surface area contributed by atoms with Gasteiger partial charge in [0.15, 0.2) is 5.69 Å². The van der Waals surface area contributed by atoms with Gasteiger partial charge in [0.05, 0.1) is 11.4 Å². The molecule has 0 saturated carbocycles. The predicted octanol–water partition coefficient (Wildman–Crippen LogP) is 3.17. The molecule has 11 heteroatoms. The topological polar surface area (TPSA) is 111 Å². The molecule has 2 aliphatic heterocycles. The summed E-state index contributed by atoms with van der Waals surface area (Å²) in [6.07, 6.45) is 2.22. The van der Waals surface area contributed by atoms with Gasteiger partial charge < -0.3 is 25.3 Å². The first-order valence-corrected chi connectivity index (χ1v) is 14.2. The van der Waals surface area contributed by atoms with Crippen molar-refractivity contribution in [2.75, 3.05) is 60.9 Å². The van der Waals surface area contributed by atoms with Crippen LogP contribution in [-0.4, -0.2) is 78.0 Å². The van der Waals surface area contributed by atoms with Crippen molar-refractivity contribution in [2.24, 2.45) is 0 Å². The standard InChI is InChI=1S/C28H33N7O3S/c1-20-6-2-3-7-24(20)33-14-16-34(17-15-33)25-10-9-21(18-22(25)30-28(38)23-19-39-32-31-23)27(37)29-11-5-13-35-12-4-8-26(35)36/h2-3,6-7,9-10,18-19H,4-5,8,11-17H2,1H3,(H,29,37)(H,30,38). The van der Waals surface area contributed by atoms with Gasteiger partial charge in [0.2, 0.25) is 5.91 Å². The number of para-hydroxylation sites is 1. The van der Waals surface area contributed by atoms with Crippen molar-refractivity contribution in [3.8, 4) is 0 Å². The molecule has 0 atom stereocenters. The van der Waals surface area contributed by atoms with Crippen molar-refractivity contribution in [2.45, 2.75) is 26.2 Å². The second-order valence-corrected chi connectivity index (χ2v) is 10.4. The smallest absolute Gasteiger partial charge is 0.277 e. The van der Waals surface area contributed by atoms with E-state index in [0.717, 1.165) is 56.4 Å². The molecule has 2 aliphatic rings. The maximum absolute atomic E-state index is 12.9. The first-order chi connectivity index (χ1) is 19.0. The number of hydrogen-bond acceptors (Lipinski definition) is 8. The van der Waals surface area contributed by atoms with Crippen LogP contribution in [0.3, 0.4) is 0 Å². The molecule has 3 heterocycles. The second kappa shape index (κ2) is 12.2. The number of nitrogens with one attached hydrogen (secondary N) is 2. The Balaban J connectivity index is 1.27. The van der Waals surface area contributed by atoms with Crippen LogP contribution >= 0.6 is 11.5 Å². The van der Waals surface area contributed by atoms with E-state index >= 15 is 0 Å². The van der Waals surface area contributed by atoms with Gasteiger partial charge in [-0.1, -0.05) is 22.7 Å². The van der Waals surface area contributed by atoms with Gasteiger partial charge in [-0.15, -0.1) is 5.10 Å². The minimum Gasteiger partial charge on any atom is -0.368 e. The molecular formula is C28H33N7O3S. The van der Waals surface area contributed by atoms with E-state index in [0.29, 0.717) is 37.2 Å². The van der Waals surface area contributed by atoms with E-state index in [1.54, 1.807) is 17.5 Å². The van der Waals surface area contributed by atoms with Gasteiger partial charge >= 0.3 is 0 Å². The van der Waals surface area contributed by atoms with Gasteiger partial charge in [-0.3, -0.25) is 14.4 Å². The SMILES string of the molecule is Cc1ccccc1N1CCN(c2ccc(C(=O)NCCCN3CCCC3=O)cc2NC(=O)c2csnn2)CC1. The first kappa shape index (κ1) is 26.6. The Bertz CT molecular complexity index is 1320. The highest BCUT2D eigenvalue weighted by molar-refractivity contribution is 7.03. The summed E-state index contributed by atoms with van der Waals surface area (Å²) in [4.78, 5) is 44.1. The minimum atomic E-state index is -0.364. The van der Waals surface area contributed by atoms with E-state index in [2.05, 4.69) is 55.1 Å². The fourth-order valence-electron chi connectivity index (χ4n) is 5.12. The molecule has 204 valence electrons. The summed E-state index contributed by atoms with van der Waals surface area (Å²) in [7, 11) is 0. The molecule has 2 fully saturated rings. The maximum atomic E-state index is 12.9. The number of carbonyl (C=O) groups is 3. The molecule has 0 unspecified atom stereocenters. The van der Waals surface area contributed by atoms with Gasteiger partial charge in [-0.25, -0.2) is 0 Å². The van der Waals surface area contributed by atoms with Crippen LogP contribution in [0.1, 0.15) is 45.7 Å². The number of nitrogens with zero attached hydrogens (tertiary/aromatic N) is 5. The lowest BCUT2D eigenvalue weighted by Crippen LogP contribution is -2.47. The van der Waals surface area contributed by atoms with Crippen LogP contribution in [-0.2, 0) is 4.79 Å². The molecule has 3 amide bonds. The molecule has 1 aromatic heterocycles. The molecule has 3 aromatic rings. The van der Waals surface area contributed by atoms with Crippen LogP contribution in [0.5, 0.6) is 0 Å². The number of piperazine rings is 1. The molecule has 0 aliphatic carbocycles. The first-order valence-electron chi connectivity index (χ1n) is 13.3. The number of rotatable bonds is 9. The molecular weight excluding hydrogens is 514 g/mol. The van der Waals surface area contributed by atoms with Crippen molar-refractivity contribution in [3.05, 3.63) is 64.7 Å². The predicted molar refractivity (Wildman–Crippen MR) is 153 cm³/mol. The van der Waals surface area contributed by atoms with E-state index in [9.17, 15) is 14.4 Å². The fraction of sp³-hybridized carbons (Fsp3) is 0.393. The van der Waals surface area contributed by atoms with E-state index in [-0.39, 0.29) is 23.4 Å². The highest BCUT2D eigenvalue weighted by Crippen LogP contribution is 2.30. The molecule has 2 saturated heterocycles. The number of carbonyl (C=O) groups excluding carboxylic acids is 3. The van der Waals surface area contributed by atoms with Gasteiger partial charge in [-0.2, -0.15) is 0 Å². The van der Waals surface area contributed by atoms with Crippen LogP contribution < -0.4 is 20.4 Å². The van der Waals surface area contributed by atoms with Crippen LogP contribution in [0, 0.1) is 6.92 Å². The van der Waals surface area contributed by atoms with E-state index < -0.39 is 0 Å². The molecule has 0 bridgehead atoms. The maximum Gasteiger partial charge on any atom is 0.277 e. The zero-order valence-corrected chi connectivity index (χ0v) is 22.9. The van der Waals surface area contributed by atoms with Crippen molar-refractivity contribution >= 4 is 46.3 Å². The summed E-state index contributed by atoms with van der Waals surface area (Å²) < 4.78 is 3.79. The number of aromatic nitrogens is 2. The van der Waals surface area contributed by atoms with Crippen molar-refractivity contribution in [3.63, 3.8) is 0 Å². The fourth-order valence-corrected chi connectivity index (χ4v) is 5.56. The third kappa shape index (κ3) is 6.36. The summed E-state index contributed by atoms with van der Waals surface area (Å²) in [6, 6.07) is 13.8. The lowest BCUT2D eigenvalue weighted by atomic mass is 10.1. The normalized spacial score (nSPS) is 15.5. The minimum absolute atomic E-state index is 0.187. The molecule has 2 aromatic carbocycles. The summed E-state index contributed by atoms with van der Waals surface area (Å²) in [5.74, 6) is -0.395. The Labute approximate surface area is 232 Å². The highest BCUT2D eigenvalue weighted by atomic mass is 32.1. The van der Waals surface area contributed by atoms with E-state index in [1.807, 2.05) is 17.0 Å². The summed E-state index contributed by atoms with van der Waals surface area (Å²) in [6.45, 7) is 7.27. The summed E-state index contributed by atoms with van der Waals surface area (Å²) in [5.41, 5.74) is 4.61. The number of anilines is 3. The Morgan fingerprint density at radius 3 is 2.44 bits per heavy atom. The average Bonchev–Trinajstić information content (AvgIpc) is 3.64. The average molecular weight is 548 g/mol. The highest BCUT2D eigenvalue weighted by Gasteiger charge is 2.23. The molecule has 10 nitrogen and oxygen atoms in total. The Kier molecular flexibility index (Phi) is 8.36. The van der Waals surface area contributed by atoms with Gasteiger partial charge in [0.25, 0.3) is 11.8 Å². The van der Waals surface area contributed by atoms with E-state index in [1.165, 1.54) is 11.3 Å². The van der Waals surface area contributed by atoms with Crippen LogP contribution in [0.25, 0.3) is 0 Å². The number of amides is 3. The largest absolute Gasteiger partial charge is 0.368 e. The lowest BCUT2D eigenvalue weighted by Gasteiger charge is -2.38. The van der Waals surface area contributed by atoms with E-state index in [4.69, 9.17) is 0 Å². The molecule has 5 rings (SSSR count). The number of benzene rings is 2. The van der Waals surface area contributed by atoms with Gasteiger partial charge in [-0.05, 0) is 61.1 Å². The Morgan fingerprint density at radius 1 is 0.974 bits per heavy atom. The number of likely N-dealkylation sites (tertiary alicyclic amines) is 1. The number of aryl methyl sites for hydroxylation is 1. The zero-order valence-electron chi connectivity index (χ0n) is 22.1. The van der Waals surface area contributed by atoms with Crippen molar-refractivity contribution < 1.29 is 14.4 Å². The van der Waals surface area contributed by atoms with Crippen LogP contribution in [0.2, 0.25) is 0 Å². The third-order valence-electron chi connectivity index (χ3n) is 7.24. The van der Waals surface area contributed by atoms with Crippen LogP contribution in [0.15, 0.2) is 47.8 Å².